The molecule has 1 aromatic heterocycles. The zero-order valence-corrected chi connectivity index (χ0v) is 18.3. The van der Waals surface area contributed by atoms with Crippen molar-refractivity contribution in [2.24, 2.45) is 12.0 Å². The van der Waals surface area contributed by atoms with E-state index in [0.717, 1.165) is 50.6 Å². The van der Waals surface area contributed by atoms with Gasteiger partial charge in [-0.15, -0.1) is 0 Å². The van der Waals surface area contributed by atoms with Gasteiger partial charge >= 0.3 is 0 Å². The van der Waals surface area contributed by atoms with Gasteiger partial charge in [0.05, 0.1) is 12.7 Å². The highest BCUT2D eigenvalue weighted by Gasteiger charge is 2.40. The molecule has 1 spiro atoms. The molecule has 1 aromatic carbocycles. The molecule has 3 heterocycles. The highest BCUT2D eigenvalue weighted by molar-refractivity contribution is 5.80. The van der Waals surface area contributed by atoms with Crippen LogP contribution in [0.25, 0.3) is 0 Å². The maximum atomic E-state index is 6.00. The highest BCUT2D eigenvalue weighted by atomic mass is 16.7. The summed E-state index contributed by atoms with van der Waals surface area (Å²) in [5.74, 6) is 0.778. The van der Waals surface area contributed by atoms with Crippen LogP contribution >= 0.6 is 0 Å². The molecule has 1 saturated heterocycles. The number of nitrogens with zero attached hydrogens (tertiary/aromatic N) is 6. The molecule has 0 amide bonds. The van der Waals surface area contributed by atoms with E-state index in [1.54, 1.807) is 4.80 Å². The van der Waals surface area contributed by atoms with Crippen molar-refractivity contribution in [2.75, 3.05) is 20.1 Å². The average Bonchev–Trinajstić information content (AvgIpc) is 3.36. The summed E-state index contributed by atoms with van der Waals surface area (Å²) in [5, 5.41) is 8.68. The van der Waals surface area contributed by atoms with Gasteiger partial charge in [-0.05, 0) is 31.0 Å². The van der Waals surface area contributed by atoms with E-state index in [1.165, 1.54) is 24.0 Å². The molecule has 0 bridgehead atoms. The van der Waals surface area contributed by atoms with Gasteiger partial charge in [0.2, 0.25) is 5.96 Å². The Hall–Kier alpha value is -2.45. The van der Waals surface area contributed by atoms with Crippen LogP contribution in [0.2, 0.25) is 0 Å². The van der Waals surface area contributed by atoms with Crippen LogP contribution in [0.3, 0.4) is 0 Å². The molecular weight excluding hydrogens is 378 g/mol. The lowest BCUT2D eigenvalue weighted by atomic mass is 10.0. The van der Waals surface area contributed by atoms with E-state index >= 15 is 0 Å². The normalized spacial score (nSPS) is 18.4. The van der Waals surface area contributed by atoms with E-state index in [1.807, 2.05) is 13.2 Å². The second kappa shape index (κ2) is 9.14. The smallest absolute Gasteiger partial charge is 0.222 e. The molecule has 8 heteroatoms. The fourth-order valence-corrected chi connectivity index (χ4v) is 3.97. The van der Waals surface area contributed by atoms with E-state index in [0.29, 0.717) is 6.54 Å². The summed E-state index contributed by atoms with van der Waals surface area (Å²) in [6.07, 6.45) is 7.18. The van der Waals surface area contributed by atoms with Crippen LogP contribution in [-0.4, -0.2) is 56.6 Å². The standard InChI is InChI=1S/C22H33N7O/c1-4-5-6-18-7-9-19(10-8-18)16-29(17-20-15-23-28(3)25-20)21-24-22(30-26-21)11-13-27(2)14-12-22/h7-10,15H,4-6,11-14,16-17H2,1-3H3,(H,24,26). The summed E-state index contributed by atoms with van der Waals surface area (Å²) >= 11 is 0. The predicted molar refractivity (Wildman–Crippen MR) is 116 cm³/mol. The fraction of sp³-hybridized carbons (Fsp3) is 0.591. The first kappa shape index (κ1) is 20.8. The zero-order valence-electron chi connectivity index (χ0n) is 18.3. The van der Waals surface area contributed by atoms with Gasteiger partial charge < -0.3 is 9.80 Å². The van der Waals surface area contributed by atoms with Gasteiger partial charge in [0.1, 0.15) is 5.69 Å². The number of aromatic nitrogens is 3. The van der Waals surface area contributed by atoms with Crippen LogP contribution < -0.4 is 5.48 Å². The number of aryl methyl sites for hydroxylation is 2. The largest absolute Gasteiger partial charge is 0.331 e. The number of rotatable bonds is 7. The Labute approximate surface area is 178 Å². The second-order valence-corrected chi connectivity index (χ2v) is 8.49. The number of nitrogens with one attached hydrogen (secondary N) is 1. The van der Waals surface area contributed by atoms with E-state index in [2.05, 4.69) is 63.7 Å². The third kappa shape index (κ3) is 4.99. The lowest BCUT2D eigenvalue weighted by Crippen LogP contribution is -2.43. The van der Waals surface area contributed by atoms with Crippen LogP contribution in [-0.2, 0) is 31.4 Å². The molecule has 8 nitrogen and oxygen atoms in total. The lowest BCUT2D eigenvalue weighted by molar-refractivity contribution is -0.0875. The number of piperidine rings is 1. The molecule has 2 aliphatic heterocycles. The predicted octanol–water partition coefficient (Wildman–Crippen LogP) is 2.47. The number of unbranched alkanes of at least 4 members (excludes halogenated alkanes) is 1. The maximum Gasteiger partial charge on any atom is 0.222 e. The average molecular weight is 412 g/mol. The molecule has 0 atom stereocenters. The Balaban J connectivity index is 1.51. The topological polar surface area (TPSA) is 70.8 Å². The summed E-state index contributed by atoms with van der Waals surface area (Å²) in [6, 6.07) is 8.92. The van der Waals surface area contributed by atoms with E-state index in [4.69, 9.17) is 9.83 Å². The minimum atomic E-state index is -0.452. The van der Waals surface area contributed by atoms with Gasteiger partial charge in [-0.25, -0.2) is 15.3 Å². The van der Waals surface area contributed by atoms with Crippen molar-refractivity contribution in [1.82, 2.24) is 30.3 Å². The molecule has 0 saturated carbocycles. The van der Waals surface area contributed by atoms with Crippen LogP contribution in [0.5, 0.6) is 0 Å². The van der Waals surface area contributed by atoms with Crippen molar-refractivity contribution in [1.29, 1.82) is 0 Å². The third-order valence-corrected chi connectivity index (χ3v) is 5.93. The van der Waals surface area contributed by atoms with E-state index in [-0.39, 0.29) is 0 Å². The van der Waals surface area contributed by atoms with Crippen molar-refractivity contribution in [2.45, 2.75) is 57.8 Å². The number of hydrogen-bond donors (Lipinski definition) is 1. The molecule has 2 aliphatic rings. The number of benzene rings is 1. The number of hydrogen-bond acceptors (Lipinski definition) is 7. The molecule has 1 N–H and O–H groups in total. The molecule has 1 fully saturated rings. The van der Waals surface area contributed by atoms with Crippen molar-refractivity contribution < 1.29 is 4.84 Å². The first-order chi connectivity index (χ1) is 14.5. The number of likely N-dealkylation sites (tertiary alicyclic amines) is 1. The van der Waals surface area contributed by atoms with Crippen molar-refractivity contribution in [3.05, 3.63) is 47.3 Å². The molecular formula is C22H33N7O. The monoisotopic (exact) mass is 411 g/mol. The van der Waals surface area contributed by atoms with Crippen LogP contribution in [0, 0.1) is 0 Å². The molecule has 0 aliphatic carbocycles. The minimum absolute atomic E-state index is 0.452. The van der Waals surface area contributed by atoms with Crippen LogP contribution in [0.4, 0.5) is 0 Å². The Bertz CT molecular complexity index is 853. The van der Waals surface area contributed by atoms with Gasteiger partial charge in [0, 0.05) is 39.5 Å². The Kier molecular flexibility index (Phi) is 6.34. The van der Waals surface area contributed by atoms with E-state index < -0.39 is 5.72 Å². The quantitative estimate of drug-likeness (QED) is 0.755. The van der Waals surface area contributed by atoms with Crippen LogP contribution in [0.1, 0.15) is 49.4 Å². The number of aliphatic imine (C=N–C) groups is 1. The first-order valence-corrected chi connectivity index (χ1v) is 11.0. The SMILES string of the molecule is CCCCc1ccc(CN(Cc2cnn(C)n2)C2=NC3(CCN(C)CC3)ON2)cc1. The van der Waals surface area contributed by atoms with Crippen molar-refractivity contribution in [3.63, 3.8) is 0 Å². The molecule has 162 valence electrons. The fourth-order valence-electron chi connectivity index (χ4n) is 3.97. The Morgan fingerprint density at radius 1 is 1.10 bits per heavy atom. The molecule has 2 aromatic rings. The van der Waals surface area contributed by atoms with Gasteiger partial charge in [0.15, 0.2) is 5.72 Å². The Morgan fingerprint density at radius 2 is 1.83 bits per heavy atom. The molecule has 0 radical (unpaired) electrons. The van der Waals surface area contributed by atoms with E-state index in [9.17, 15) is 0 Å². The summed E-state index contributed by atoms with van der Waals surface area (Å²) in [7, 11) is 3.98. The van der Waals surface area contributed by atoms with Gasteiger partial charge in [-0.1, -0.05) is 37.6 Å². The number of hydroxylamine groups is 1. The van der Waals surface area contributed by atoms with Gasteiger partial charge in [-0.2, -0.15) is 15.0 Å². The maximum absolute atomic E-state index is 6.00. The number of guanidine groups is 1. The van der Waals surface area contributed by atoms with Crippen molar-refractivity contribution >= 4 is 5.96 Å². The highest BCUT2D eigenvalue weighted by Crippen LogP contribution is 2.30. The van der Waals surface area contributed by atoms with Crippen LogP contribution in [0.15, 0.2) is 35.5 Å². The van der Waals surface area contributed by atoms with Crippen molar-refractivity contribution in [3.8, 4) is 0 Å². The third-order valence-electron chi connectivity index (χ3n) is 5.93. The van der Waals surface area contributed by atoms with Gasteiger partial charge in [0.25, 0.3) is 0 Å². The minimum Gasteiger partial charge on any atom is -0.331 e. The van der Waals surface area contributed by atoms with Gasteiger partial charge in [-0.3, -0.25) is 0 Å². The first-order valence-electron chi connectivity index (χ1n) is 11.0. The summed E-state index contributed by atoms with van der Waals surface area (Å²) in [5.41, 5.74) is 6.22. The summed E-state index contributed by atoms with van der Waals surface area (Å²) in [4.78, 5) is 17.1. The summed E-state index contributed by atoms with van der Waals surface area (Å²) < 4.78 is 0. The molecule has 0 unspecified atom stereocenters. The summed E-state index contributed by atoms with van der Waals surface area (Å²) in [6.45, 7) is 5.56. The lowest BCUT2D eigenvalue weighted by Gasteiger charge is -2.33. The molecule has 30 heavy (non-hydrogen) atoms. The zero-order chi connectivity index (χ0) is 21.0. The Morgan fingerprint density at radius 3 is 2.50 bits per heavy atom. The second-order valence-electron chi connectivity index (χ2n) is 8.49. The molecule has 4 rings (SSSR count).